The van der Waals surface area contributed by atoms with Gasteiger partial charge in [0.15, 0.2) is 0 Å². The van der Waals surface area contributed by atoms with Gasteiger partial charge in [-0.3, -0.25) is 0 Å². The Morgan fingerprint density at radius 2 is 1.71 bits per heavy atom. The number of anilines is 1. The summed E-state index contributed by atoms with van der Waals surface area (Å²) in [6.45, 7) is 4.13. The van der Waals surface area contributed by atoms with Gasteiger partial charge in [0.2, 0.25) is 0 Å². The van der Waals surface area contributed by atoms with E-state index >= 15 is 0 Å². The molecule has 2 aromatic rings. The fourth-order valence-corrected chi connectivity index (χ4v) is 2.69. The van der Waals surface area contributed by atoms with Gasteiger partial charge in [0.25, 0.3) is 0 Å². The van der Waals surface area contributed by atoms with E-state index in [0.717, 1.165) is 5.69 Å². The van der Waals surface area contributed by atoms with Crippen molar-refractivity contribution in [2.45, 2.75) is 25.9 Å². The van der Waals surface area contributed by atoms with Crippen molar-refractivity contribution >= 4 is 5.69 Å². The third kappa shape index (κ3) is 3.24. The molecule has 0 saturated carbocycles. The zero-order valence-electron chi connectivity index (χ0n) is 12.7. The number of likely N-dealkylation sites (N-methyl/N-ethyl adjacent to an activating group) is 1. The normalized spacial score (nSPS) is 13.3. The number of nitrogens with two attached hydrogens (primary N) is 1. The van der Waals surface area contributed by atoms with Crippen LogP contribution < -0.4 is 10.6 Å². The number of benzene rings is 2. The molecule has 0 aromatic heterocycles. The van der Waals surface area contributed by atoms with Gasteiger partial charge in [-0.05, 0) is 49.2 Å². The molecule has 2 rings (SSSR count). The van der Waals surface area contributed by atoms with Gasteiger partial charge < -0.3 is 10.6 Å². The summed E-state index contributed by atoms with van der Waals surface area (Å²) in [6, 6.07) is 18.2. The van der Waals surface area contributed by atoms with Crippen molar-refractivity contribution in [3.8, 4) is 6.07 Å². The van der Waals surface area contributed by atoms with Gasteiger partial charge in [-0.25, -0.2) is 0 Å². The number of nitrogens with zero attached hydrogens (tertiary/aromatic N) is 2. The molecular weight excluding hydrogens is 258 g/mol. The maximum Gasteiger partial charge on any atom is 0.0991 e. The van der Waals surface area contributed by atoms with E-state index < -0.39 is 0 Å². The van der Waals surface area contributed by atoms with Crippen LogP contribution in [-0.4, -0.2) is 13.1 Å². The van der Waals surface area contributed by atoms with Crippen LogP contribution in [0.5, 0.6) is 0 Å². The molecule has 3 nitrogen and oxygen atoms in total. The van der Waals surface area contributed by atoms with E-state index in [-0.39, 0.29) is 12.1 Å². The molecule has 0 fully saturated rings. The molecule has 3 heteroatoms. The highest BCUT2D eigenvalue weighted by molar-refractivity contribution is 5.52. The van der Waals surface area contributed by atoms with Gasteiger partial charge >= 0.3 is 0 Å². The highest BCUT2D eigenvalue weighted by Gasteiger charge is 2.22. The molecule has 2 atom stereocenters. The van der Waals surface area contributed by atoms with Crippen LogP contribution in [-0.2, 0) is 0 Å². The van der Waals surface area contributed by atoms with E-state index in [2.05, 4.69) is 30.0 Å². The van der Waals surface area contributed by atoms with Crippen molar-refractivity contribution in [1.29, 1.82) is 5.26 Å². The summed E-state index contributed by atoms with van der Waals surface area (Å²) in [5.74, 6) is 0. The molecule has 2 aromatic carbocycles. The van der Waals surface area contributed by atoms with Gasteiger partial charge in [0.1, 0.15) is 0 Å². The minimum atomic E-state index is -0.00765. The predicted molar refractivity (Wildman–Crippen MR) is 87.1 cm³/mol. The van der Waals surface area contributed by atoms with Gasteiger partial charge in [0, 0.05) is 18.8 Å². The summed E-state index contributed by atoms with van der Waals surface area (Å²) in [7, 11) is 2.04. The van der Waals surface area contributed by atoms with Crippen molar-refractivity contribution in [1.82, 2.24) is 0 Å². The standard InChI is InChI=1S/C18H21N3/c1-13-6-4-5-7-17(13)18(14(2)20)21(3)16-10-8-15(12-19)9-11-16/h4-11,14,18H,20H2,1-3H3. The first kappa shape index (κ1) is 15.1. The van der Waals surface area contributed by atoms with E-state index in [0.29, 0.717) is 5.56 Å². The molecule has 0 bridgehead atoms. The summed E-state index contributed by atoms with van der Waals surface area (Å²) < 4.78 is 0. The highest BCUT2D eigenvalue weighted by Crippen LogP contribution is 2.29. The van der Waals surface area contributed by atoms with E-state index in [9.17, 15) is 0 Å². The first-order valence-corrected chi connectivity index (χ1v) is 7.08. The summed E-state index contributed by atoms with van der Waals surface area (Å²) in [5, 5.41) is 8.90. The van der Waals surface area contributed by atoms with Crippen LogP contribution in [0.1, 0.15) is 29.7 Å². The lowest BCUT2D eigenvalue weighted by atomic mass is 9.95. The minimum Gasteiger partial charge on any atom is -0.366 e. The molecular formula is C18H21N3. The molecule has 21 heavy (non-hydrogen) atoms. The molecule has 0 saturated heterocycles. The van der Waals surface area contributed by atoms with Crippen LogP contribution >= 0.6 is 0 Å². The van der Waals surface area contributed by atoms with Gasteiger partial charge in [-0.1, -0.05) is 24.3 Å². The van der Waals surface area contributed by atoms with Gasteiger partial charge in [-0.15, -0.1) is 0 Å². The van der Waals surface area contributed by atoms with Crippen molar-refractivity contribution in [3.63, 3.8) is 0 Å². The van der Waals surface area contributed by atoms with Crippen LogP contribution in [0.4, 0.5) is 5.69 Å². The second kappa shape index (κ2) is 6.43. The van der Waals surface area contributed by atoms with E-state index in [1.807, 2.05) is 50.4 Å². The smallest absolute Gasteiger partial charge is 0.0991 e. The molecule has 0 radical (unpaired) electrons. The van der Waals surface area contributed by atoms with Crippen molar-refractivity contribution in [2.24, 2.45) is 5.73 Å². The lowest BCUT2D eigenvalue weighted by molar-refractivity contribution is 0.556. The number of aryl methyl sites for hydroxylation is 1. The number of nitriles is 1. The summed E-state index contributed by atoms with van der Waals surface area (Å²) in [6.07, 6.45) is 0. The Kier molecular flexibility index (Phi) is 4.62. The monoisotopic (exact) mass is 279 g/mol. The van der Waals surface area contributed by atoms with Crippen molar-refractivity contribution < 1.29 is 0 Å². The summed E-state index contributed by atoms with van der Waals surface area (Å²) in [4.78, 5) is 2.17. The maximum atomic E-state index is 8.90. The van der Waals surface area contributed by atoms with Crippen LogP contribution in [0.2, 0.25) is 0 Å². The Hall–Kier alpha value is -2.31. The third-order valence-electron chi connectivity index (χ3n) is 3.83. The molecule has 2 N–H and O–H groups in total. The van der Waals surface area contributed by atoms with Crippen LogP contribution in [0.15, 0.2) is 48.5 Å². The Morgan fingerprint density at radius 3 is 2.24 bits per heavy atom. The second-order valence-corrected chi connectivity index (χ2v) is 5.43. The first-order valence-electron chi connectivity index (χ1n) is 7.08. The average molecular weight is 279 g/mol. The molecule has 0 amide bonds. The lowest BCUT2D eigenvalue weighted by Gasteiger charge is -2.34. The summed E-state index contributed by atoms with van der Waals surface area (Å²) >= 11 is 0. The second-order valence-electron chi connectivity index (χ2n) is 5.43. The first-order chi connectivity index (χ1) is 10.0. The zero-order chi connectivity index (χ0) is 15.4. The molecule has 0 heterocycles. The fourth-order valence-electron chi connectivity index (χ4n) is 2.69. The number of rotatable bonds is 4. The van der Waals surface area contributed by atoms with Crippen molar-refractivity contribution in [3.05, 3.63) is 65.2 Å². The molecule has 0 aliphatic carbocycles. The molecule has 2 unspecified atom stereocenters. The maximum absolute atomic E-state index is 8.90. The van der Waals surface area contributed by atoms with E-state index in [1.165, 1.54) is 11.1 Å². The summed E-state index contributed by atoms with van der Waals surface area (Å²) in [5.41, 5.74) is 10.4. The Labute approximate surface area is 126 Å². The SMILES string of the molecule is Cc1ccccc1C(C(C)N)N(C)c1ccc(C#N)cc1. The van der Waals surface area contributed by atoms with E-state index in [4.69, 9.17) is 11.0 Å². The van der Waals surface area contributed by atoms with Crippen LogP contribution in [0.3, 0.4) is 0 Å². The largest absolute Gasteiger partial charge is 0.366 e. The molecule has 108 valence electrons. The third-order valence-corrected chi connectivity index (χ3v) is 3.83. The van der Waals surface area contributed by atoms with Crippen LogP contribution in [0, 0.1) is 18.3 Å². The van der Waals surface area contributed by atoms with Gasteiger partial charge in [-0.2, -0.15) is 5.26 Å². The molecule has 0 aliphatic rings. The Bertz CT molecular complexity index is 638. The molecule has 0 spiro atoms. The minimum absolute atomic E-state index is 0.00765. The zero-order valence-corrected chi connectivity index (χ0v) is 12.7. The predicted octanol–water partition coefficient (Wildman–Crippen LogP) is 3.39. The Balaban J connectivity index is 2.38. The number of hydrogen-bond donors (Lipinski definition) is 1. The van der Waals surface area contributed by atoms with Crippen molar-refractivity contribution in [2.75, 3.05) is 11.9 Å². The van der Waals surface area contributed by atoms with E-state index in [1.54, 1.807) is 0 Å². The molecule has 0 aliphatic heterocycles. The lowest BCUT2D eigenvalue weighted by Crippen LogP contribution is -2.37. The van der Waals surface area contributed by atoms with Gasteiger partial charge in [0.05, 0.1) is 17.7 Å². The topological polar surface area (TPSA) is 53.0 Å². The highest BCUT2D eigenvalue weighted by atomic mass is 15.2. The average Bonchev–Trinajstić information content (AvgIpc) is 2.49. The van der Waals surface area contributed by atoms with Crippen LogP contribution in [0.25, 0.3) is 0 Å². The quantitative estimate of drug-likeness (QED) is 0.933. The fraction of sp³-hybridized carbons (Fsp3) is 0.278. The number of hydrogen-bond acceptors (Lipinski definition) is 3. The Morgan fingerprint density at radius 1 is 1.10 bits per heavy atom.